The maximum atomic E-state index is 12.5. The standard InChI is InChI=1S/C17H22NO2/c1-13(19)16-11-14-7-9-18(16,10-8-14)12-17(20)15-5-3-2-4-6-15/h2-6,14,16H,7-12H2,1H3/q+1. The third kappa shape index (κ3) is 2.31. The maximum Gasteiger partial charge on any atom is 0.216 e. The van der Waals surface area contributed by atoms with Crippen LogP contribution in [0.15, 0.2) is 30.3 Å². The molecule has 3 heterocycles. The van der Waals surface area contributed by atoms with E-state index in [2.05, 4.69) is 0 Å². The van der Waals surface area contributed by atoms with Gasteiger partial charge in [-0.3, -0.25) is 9.59 Å². The first kappa shape index (κ1) is 13.5. The highest BCUT2D eigenvalue weighted by Gasteiger charge is 2.50. The summed E-state index contributed by atoms with van der Waals surface area (Å²) in [6.45, 7) is 4.17. The number of ketones is 2. The second kappa shape index (κ2) is 5.13. The number of hydrogen-bond acceptors (Lipinski definition) is 2. The van der Waals surface area contributed by atoms with Gasteiger partial charge in [0, 0.05) is 18.9 Å². The predicted octanol–water partition coefficient (Wildman–Crippen LogP) is 2.46. The molecular formula is C17H22NO2+. The van der Waals surface area contributed by atoms with Gasteiger partial charge in [-0.25, -0.2) is 0 Å². The number of carbonyl (C=O) groups excluding carboxylic acids is 2. The molecule has 4 rings (SSSR count). The van der Waals surface area contributed by atoms with Crippen LogP contribution in [0.5, 0.6) is 0 Å². The number of Topliss-reactive ketones (excluding diaryl/α,β-unsaturated/α-hetero) is 2. The third-order valence-corrected chi connectivity index (χ3v) is 5.21. The summed E-state index contributed by atoms with van der Waals surface area (Å²) in [6.07, 6.45) is 3.33. The lowest BCUT2D eigenvalue weighted by molar-refractivity contribution is -0.950. The van der Waals surface area contributed by atoms with E-state index < -0.39 is 0 Å². The monoisotopic (exact) mass is 272 g/mol. The van der Waals surface area contributed by atoms with Crippen molar-refractivity contribution in [3.63, 3.8) is 0 Å². The Balaban J connectivity index is 1.83. The molecule has 1 aromatic carbocycles. The van der Waals surface area contributed by atoms with Crippen LogP contribution in [0.4, 0.5) is 0 Å². The van der Waals surface area contributed by atoms with Crippen molar-refractivity contribution in [1.82, 2.24) is 0 Å². The number of piperidine rings is 3. The van der Waals surface area contributed by atoms with Gasteiger partial charge in [0.25, 0.3) is 0 Å². The smallest absolute Gasteiger partial charge is 0.216 e. The van der Waals surface area contributed by atoms with Gasteiger partial charge in [-0.05, 0) is 18.8 Å². The molecule has 2 bridgehead atoms. The van der Waals surface area contributed by atoms with E-state index in [0.717, 1.165) is 25.1 Å². The van der Waals surface area contributed by atoms with Gasteiger partial charge in [0.1, 0.15) is 12.6 Å². The zero-order valence-electron chi connectivity index (χ0n) is 12.0. The SMILES string of the molecule is CC(=O)C1CC2CC[N+]1(CC(=O)c1ccccc1)CC2. The van der Waals surface area contributed by atoms with Crippen molar-refractivity contribution >= 4 is 11.6 Å². The van der Waals surface area contributed by atoms with E-state index in [9.17, 15) is 9.59 Å². The zero-order valence-corrected chi connectivity index (χ0v) is 12.0. The second-order valence-corrected chi connectivity index (χ2v) is 6.42. The molecule has 1 aromatic rings. The molecule has 0 spiro atoms. The third-order valence-electron chi connectivity index (χ3n) is 5.21. The lowest BCUT2D eigenvalue weighted by Crippen LogP contribution is -2.67. The Kier molecular flexibility index (Phi) is 3.47. The molecule has 1 unspecified atom stereocenters. The van der Waals surface area contributed by atoms with Crippen LogP contribution in [0, 0.1) is 5.92 Å². The van der Waals surface area contributed by atoms with Crippen LogP contribution in [-0.2, 0) is 4.79 Å². The second-order valence-electron chi connectivity index (χ2n) is 6.42. The van der Waals surface area contributed by atoms with Crippen LogP contribution < -0.4 is 0 Å². The average molecular weight is 272 g/mol. The number of fused-ring (bicyclic) bond motifs is 3. The fourth-order valence-corrected chi connectivity index (χ4v) is 4.04. The average Bonchev–Trinajstić information content (AvgIpc) is 2.48. The van der Waals surface area contributed by atoms with Crippen molar-refractivity contribution in [3.05, 3.63) is 35.9 Å². The van der Waals surface area contributed by atoms with E-state index >= 15 is 0 Å². The van der Waals surface area contributed by atoms with Gasteiger partial charge in [0.15, 0.2) is 5.78 Å². The minimum Gasteiger partial charge on any atom is -0.308 e. The molecule has 3 nitrogen and oxygen atoms in total. The Labute approximate surface area is 120 Å². The molecule has 20 heavy (non-hydrogen) atoms. The zero-order chi connectivity index (χ0) is 14.2. The highest BCUT2D eigenvalue weighted by Crippen LogP contribution is 2.38. The van der Waals surface area contributed by atoms with Crippen LogP contribution in [0.1, 0.15) is 36.5 Å². The summed E-state index contributed by atoms with van der Waals surface area (Å²) in [5, 5.41) is 0. The van der Waals surface area contributed by atoms with Crippen molar-refractivity contribution in [1.29, 1.82) is 0 Å². The van der Waals surface area contributed by atoms with Gasteiger partial charge in [-0.1, -0.05) is 30.3 Å². The molecule has 0 aromatic heterocycles. The molecule has 3 aliphatic rings. The van der Waals surface area contributed by atoms with E-state index in [1.54, 1.807) is 6.92 Å². The van der Waals surface area contributed by atoms with Gasteiger partial charge in [0.05, 0.1) is 13.1 Å². The largest absolute Gasteiger partial charge is 0.308 e. The van der Waals surface area contributed by atoms with Crippen LogP contribution in [0.2, 0.25) is 0 Å². The number of carbonyl (C=O) groups is 2. The molecule has 3 aliphatic heterocycles. The van der Waals surface area contributed by atoms with Crippen LogP contribution in [0.25, 0.3) is 0 Å². The fraction of sp³-hybridized carbons (Fsp3) is 0.529. The van der Waals surface area contributed by atoms with Crippen LogP contribution >= 0.6 is 0 Å². The first-order valence-corrected chi connectivity index (χ1v) is 7.55. The lowest BCUT2D eigenvalue weighted by Gasteiger charge is -2.53. The van der Waals surface area contributed by atoms with E-state index in [-0.39, 0.29) is 17.6 Å². The van der Waals surface area contributed by atoms with Gasteiger partial charge < -0.3 is 4.48 Å². The van der Waals surface area contributed by atoms with E-state index in [1.807, 2.05) is 30.3 Å². The number of nitrogens with zero attached hydrogens (tertiary/aromatic N) is 1. The minimum absolute atomic E-state index is 0.0511. The van der Waals surface area contributed by atoms with Gasteiger partial charge in [-0.2, -0.15) is 0 Å². The Bertz CT molecular complexity index is 515. The minimum atomic E-state index is 0.0511. The molecule has 106 valence electrons. The number of hydrogen-bond donors (Lipinski definition) is 0. The molecule has 0 saturated carbocycles. The molecular weight excluding hydrogens is 250 g/mol. The van der Waals surface area contributed by atoms with E-state index in [1.165, 1.54) is 12.8 Å². The van der Waals surface area contributed by atoms with E-state index in [0.29, 0.717) is 16.9 Å². The normalized spacial score (nSPS) is 32.0. The summed E-state index contributed by atoms with van der Waals surface area (Å²) in [7, 11) is 0. The Morgan fingerprint density at radius 1 is 1.15 bits per heavy atom. The molecule has 1 atom stereocenters. The summed E-state index contributed by atoms with van der Waals surface area (Å²) >= 11 is 0. The maximum absolute atomic E-state index is 12.5. The molecule has 3 fully saturated rings. The van der Waals surface area contributed by atoms with Crippen molar-refractivity contribution in [2.45, 2.75) is 32.2 Å². The van der Waals surface area contributed by atoms with Crippen molar-refractivity contribution < 1.29 is 14.1 Å². The highest BCUT2D eigenvalue weighted by molar-refractivity contribution is 5.97. The van der Waals surface area contributed by atoms with Crippen molar-refractivity contribution in [3.8, 4) is 0 Å². The first-order chi connectivity index (χ1) is 9.61. The molecule has 3 heteroatoms. The van der Waals surface area contributed by atoms with Crippen LogP contribution in [-0.4, -0.2) is 41.7 Å². The van der Waals surface area contributed by atoms with Gasteiger partial charge in [-0.15, -0.1) is 0 Å². The molecule has 0 radical (unpaired) electrons. The van der Waals surface area contributed by atoms with Gasteiger partial charge in [0.2, 0.25) is 5.78 Å². The summed E-state index contributed by atoms with van der Waals surface area (Å²) < 4.78 is 0.708. The Morgan fingerprint density at radius 3 is 2.40 bits per heavy atom. The topological polar surface area (TPSA) is 34.1 Å². The summed E-state index contributed by atoms with van der Waals surface area (Å²) in [6, 6.07) is 9.53. The molecule has 0 aliphatic carbocycles. The van der Waals surface area contributed by atoms with Crippen LogP contribution in [0.3, 0.4) is 0 Å². The predicted molar refractivity (Wildman–Crippen MR) is 77.4 cm³/mol. The Morgan fingerprint density at radius 2 is 1.80 bits per heavy atom. The number of quaternary nitrogens is 1. The van der Waals surface area contributed by atoms with Gasteiger partial charge >= 0.3 is 0 Å². The summed E-state index contributed by atoms with van der Waals surface area (Å²) in [5.41, 5.74) is 0.773. The Hall–Kier alpha value is -1.48. The quantitative estimate of drug-likeness (QED) is 0.623. The fourth-order valence-electron chi connectivity index (χ4n) is 4.04. The van der Waals surface area contributed by atoms with Crippen molar-refractivity contribution in [2.75, 3.05) is 19.6 Å². The molecule has 3 saturated heterocycles. The summed E-state index contributed by atoms with van der Waals surface area (Å²) in [4.78, 5) is 24.5. The van der Waals surface area contributed by atoms with E-state index in [4.69, 9.17) is 0 Å². The highest BCUT2D eigenvalue weighted by atomic mass is 16.1. The first-order valence-electron chi connectivity index (χ1n) is 7.55. The molecule has 0 amide bonds. The molecule has 0 N–H and O–H groups in total. The summed E-state index contributed by atoms with van der Waals surface area (Å²) in [5.74, 6) is 1.14. The number of benzene rings is 1. The van der Waals surface area contributed by atoms with Crippen molar-refractivity contribution in [2.24, 2.45) is 5.92 Å². The number of rotatable bonds is 4. The lowest BCUT2D eigenvalue weighted by atomic mass is 9.79.